The van der Waals surface area contributed by atoms with E-state index in [4.69, 9.17) is 9.47 Å². The van der Waals surface area contributed by atoms with Crippen molar-refractivity contribution in [2.45, 2.75) is 59.9 Å². The Labute approximate surface area is 213 Å². The molecule has 7 nitrogen and oxygen atoms in total. The number of unbranched alkanes of at least 4 members (excludes halogenated alkanes) is 1. The lowest BCUT2D eigenvalue weighted by molar-refractivity contribution is 0.0741. The number of aromatic nitrogens is 2. The second-order valence-electron chi connectivity index (χ2n) is 10.0. The molecular formula is C29H37N3O4. The smallest absolute Gasteiger partial charge is 0.273 e. The lowest BCUT2D eigenvalue weighted by atomic mass is 9.93. The summed E-state index contributed by atoms with van der Waals surface area (Å²) in [5.41, 5.74) is 5.30. The number of ether oxygens (including phenoxy) is 2. The number of aromatic amines is 1. The van der Waals surface area contributed by atoms with Gasteiger partial charge in [0.05, 0.1) is 19.8 Å². The van der Waals surface area contributed by atoms with Gasteiger partial charge >= 0.3 is 0 Å². The Balaban J connectivity index is 1.81. The molecule has 2 N–H and O–H groups in total. The Hall–Kier alpha value is -3.48. The fourth-order valence-corrected chi connectivity index (χ4v) is 4.92. The summed E-state index contributed by atoms with van der Waals surface area (Å²) in [6, 6.07) is 9.27. The molecule has 1 aliphatic heterocycles. The van der Waals surface area contributed by atoms with Crippen LogP contribution in [0.15, 0.2) is 30.3 Å². The number of fused-ring (bicyclic) bond motifs is 1. The number of aryl methyl sites for hydroxylation is 2. The first-order valence-corrected chi connectivity index (χ1v) is 12.8. The van der Waals surface area contributed by atoms with Crippen LogP contribution < -0.4 is 9.47 Å². The minimum Gasteiger partial charge on any atom is -0.507 e. The summed E-state index contributed by atoms with van der Waals surface area (Å²) in [6.45, 7) is 11.6. The van der Waals surface area contributed by atoms with Crippen LogP contribution in [0.5, 0.6) is 17.2 Å². The van der Waals surface area contributed by atoms with Crippen molar-refractivity contribution >= 4 is 5.91 Å². The topological polar surface area (TPSA) is 87.7 Å². The van der Waals surface area contributed by atoms with Crippen molar-refractivity contribution in [3.05, 3.63) is 58.3 Å². The first kappa shape index (κ1) is 25.6. The Kier molecular flexibility index (Phi) is 7.57. The van der Waals surface area contributed by atoms with Crippen molar-refractivity contribution in [3.63, 3.8) is 0 Å². The van der Waals surface area contributed by atoms with Gasteiger partial charge in [0.25, 0.3) is 5.91 Å². The predicted octanol–water partition coefficient (Wildman–Crippen LogP) is 6.18. The van der Waals surface area contributed by atoms with E-state index in [-0.39, 0.29) is 17.7 Å². The van der Waals surface area contributed by atoms with E-state index in [1.165, 1.54) is 0 Å². The molecule has 0 aliphatic carbocycles. The molecule has 0 fully saturated rings. The number of amides is 1. The van der Waals surface area contributed by atoms with Gasteiger partial charge in [-0.3, -0.25) is 9.89 Å². The number of hydrogen-bond donors (Lipinski definition) is 2. The van der Waals surface area contributed by atoms with E-state index in [0.29, 0.717) is 47.5 Å². The van der Waals surface area contributed by atoms with Crippen molar-refractivity contribution in [1.82, 2.24) is 15.1 Å². The summed E-state index contributed by atoms with van der Waals surface area (Å²) in [5, 5.41) is 18.4. The second-order valence-corrected chi connectivity index (χ2v) is 10.0. The van der Waals surface area contributed by atoms with E-state index in [2.05, 4.69) is 31.0 Å². The summed E-state index contributed by atoms with van der Waals surface area (Å²) in [5.74, 6) is 1.94. The molecule has 3 aromatic rings. The molecule has 1 aliphatic rings. The number of methoxy groups -OCH3 is 1. The van der Waals surface area contributed by atoms with Crippen LogP contribution in [-0.2, 0) is 0 Å². The number of phenolic OH excluding ortho intramolecular Hbond substituents is 1. The number of benzene rings is 2. The lowest BCUT2D eigenvalue weighted by Crippen LogP contribution is -2.30. The first-order chi connectivity index (χ1) is 17.3. The Bertz CT molecular complexity index is 1220. The van der Waals surface area contributed by atoms with Gasteiger partial charge in [-0.05, 0) is 67.5 Å². The maximum Gasteiger partial charge on any atom is 0.273 e. The minimum absolute atomic E-state index is 0.0809. The van der Waals surface area contributed by atoms with E-state index < -0.39 is 0 Å². The largest absolute Gasteiger partial charge is 0.507 e. The van der Waals surface area contributed by atoms with Gasteiger partial charge in [-0.1, -0.05) is 39.3 Å². The molecule has 1 unspecified atom stereocenters. The van der Waals surface area contributed by atoms with E-state index in [1.54, 1.807) is 13.2 Å². The molecular weight excluding hydrogens is 454 g/mol. The molecule has 2 aromatic carbocycles. The average molecular weight is 492 g/mol. The summed E-state index contributed by atoms with van der Waals surface area (Å²) in [6.07, 6.45) is 2.81. The van der Waals surface area contributed by atoms with Gasteiger partial charge in [-0.15, -0.1) is 0 Å². The van der Waals surface area contributed by atoms with Crippen LogP contribution in [0.2, 0.25) is 0 Å². The zero-order valence-electron chi connectivity index (χ0n) is 22.1. The van der Waals surface area contributed by atoms with E-state index in [1.807, 2.05) is 43.0 Å². The lowest BCUT2D eigenvalue weighted by Gasteiger charge is -2.27. The van der Waals surface area contributed by atoms with Gasteiger partial charge < -0.3 is 19.5 Å². The highest BCUT2D eigenvalue weighted by molar-refractivity contribution is 6.00. The highest BCUT2D eigenvalue weighted by Gasteiger charge is 2.42. The maximum atomic E-state index is 13.5. The number of aromatic hydroxyl groups is 1. The molecule has 0 bridgehead atoms. The average Bonchev–Trinajstić information content (AvgIpc) is 3.36. The van der Waals surface area contributed by atoms with Gasteiger partial charge in [0.2, 0.25) is 0 Å². The van der Waals surface area contributed by atoms with Crippen LogP contribution >= 0.6 is 0 Å². The number of phenols is 1. The molecule has 1 amide bonds. The van der Waals surface area contributed by atoms with E-state index in [9.17, 15) is 9.90 Å². The van der Waals surface area contributed by atoms with Crippen molar-refractivity contribution in [1.29, 1.82) is 0 Å². The molecule has 7 heteroatoms. The minimum atomic E-state index is -0.355. The SMILES string of the molecule is CCCCN1C(=O)c2[nH]nc(-c3c(C)cc(C)cc3O)c2C1c1ccc(OCCC(C)C)c(OC)c1. The third-order valence-electron chi connectivity index (χ3n) is 6.77. The zero-order chi connectivity index (χ0) is 26.0. The summed E-state index contributed by atoms with van der Waals surface area (Å²) >= 11 is 0. The third kappa shape index (κ3) is 4.79. The molecule has 2 heterocycles. The van der Waals surface area contributed by atoms with Crippen molar-refractivity contribution in [2.24, 2.45) is 5.92 Å². The van der Waals surface area contributed by atoms with Crippen LogP contribution in [0.1, 0.15) is 78.8 Å². The van der Waals surface area contributed by atoms with Crippen LogP contribution in [0.25, 0.3) is 11.3 Å². The van der Waals surface area contributed by atoms with Gasteiger partial charge in [0.15, 0.2) is 11.5 Å². The number of carbonyl (C=O) groups is 1. The quantitative estimate of drug-likeness (QED) is 0.354. The fraction of sp³-hybridized carbons (Fsp3) is 0.448. The first-order valence-electron chi connectivity index (χ1n) is 12.8. The molecule has 0 saturated heterocycles. The Morgan fingerprint density at radius 3 is 2.61 bits per heavy atom. The fourth-order valence-electron chi connectivity index (χ4n) is 4.92. The van der Waals surface area contributed by atoms with E-state index in [0.717, 1.165) is 41.5 Å². The molecule has 1 aromatic heterocycles. The number of carbonyl (C=O) groups excluding carboxylic acids is 1. The molecule has 0 saturated carbocycles. The van der Waals surface area contributed by atoms with Crippen LogP contribution in [0.3, 0.4) is 0 Å². The van der Waals surface area contributed by atoms with Crippen molar-refractivity contribution in [3.8, 4) is 28.5 Å². The molecule has 0 spiro atoms. The van der Waals surface area contributed by atoms with Gasteiger partial charge in [0.1, 0.15) is 17.1 Å². The number of hydrogen-bond acceptors (Lipinski definition) is 5. The summed E-state index contributed by atoms with van der Waals surface area (Å²) in [7, 11) is 1.63. The van der Waals surface area contributed by atoms with Crippen molar-refractivity contribution in [2.75, 3.05) is 20.3 Å². The Morgan fingerprint density at radius 2 is 1.94 bits per heavy atom. The van der Waals surface area contributed by atoms with Gasteiger partial charge in [-0.2, -0.15) is 5.10 Å². The zero-order valence-corrected chi connectivity index (χ0v) is 22.1. The molecule has 192 valence electrons. The molecule has 4 rings (SSSR count). The second kappa shape index (κ2) is 10.6. The highest BCUT2D eigenvalue weighted by atomic mass is 16.5. The molecule has 0 radical (unpaired) electrons. The molecule has 1 atom stereocenters. The number of nitrogens with zero attached hydrogens (tertiary/aromatic N) is 2. The number of nitrogens with one attached hydrogen (secondary N) is 1. The predicted molar refractivity (Wildman–Crippen MR) is 141 cm³/mol. The van der Waals surface area contributed by atoms with Crippen molar-refractivity contribution < 1.29 is 19.4 Å². The standard InChI is InChI=1S/C29H37N3O4/c1-7-8-12-32-28(20-9-10-22(23(16-20)35-6)36-13-11-17(2)3)25-26(30-31-27(25)29(32)34)24-19(5)14-18(4)15-21(24)33/h9-10,14-17,28,33H,7-8,11-13H2,1-6H3,(H,30,31). The highest BCUT2D eigenvalue weighted by Crippen LogP contribution is 2.46. The number of H-pyrrole nitrogens is 1. The van der Waals surface area contributed by atoms with Gasteiger partial charge in [0, 0.05) is 17.7 Å². The van der Waals surface area contributed by atoms with Crippen LogP contribution in [0, 0.1) is 19.8 Å². The van der Waals surface area contributed by atoms with E-state index >= 15 is 0 Å². The summed E-state index contributed by atoms with van der Waals surface area (Å²) < 4.78 is 11.7. The molecule has 36 heavy (non-hydrogen) atoms. The monoisotopic (exact) mass is 491 g/mol. The van der Waals surface area contributed by atoms with Gasteiger partial charge in [-0.25, -0.2) is 0 Å². The maximum absolute atomic E-state index is 13.5. The van der Waals surface area contributed by atoms with Crippen LogP contribution in [0.4, 0.5) is 0 Å². The normalized spacial score (nSPS) is 15.0. The Morgan fingerprint density at radius 1 is 1.17 bits per heavy atom. The van der Waals surface area contributed by atoms with Crippen LogP contribution in [-0.4, -0.2) is 46.4 Å². The summed E-state index contributed by atoms with van der Waals surface area (Å²) in [4.78, 5) is 15.4. The third-order valence-corrected chi connectivity index (χ3v) is 6.77. The number of rotatable bonds is 10.